The fourth-order valence-corrected chi connectivity index (χ4v) is 3.41. The van der Waals surface area contributed by atoms with Gasteiger partial charge in [0.05, 0.1) is 12.2 Å². The lowest BCUT2D eigenvalue weighted by Crippen LogP contribution is -2.33. The van der Waals surface area contributed by atoms with Crippen molar-refractivity contribution in [2.75, 3.05) is 25.0 Å². The second-order valence-corrected chi connectivity index (χ2v) is 6.96. The van der Waals surface area contributed by atoms with Gasteiger partial charge in [-0.3, -0.25) is 9.69 Å². The third-order valence-corrected chi connectivity index (χ3v) is 4.73. The SMILES string of the molecule is Cl.N[C@@H]1CN(CC(=O)Nc2ccc(Br)cc2F)C[C@H]1c1ccccc1. The first kappa shape index (κ1) is 19.8. The lowest BCUT2D eigenvalue weighted by molar-refractivity contribution is -0.117. The van der Waals surface area contributed by atoms with E-state index in [1.54, 1.807) is 12.1 Å². The highest BCUT2D eigenvalue weighted by molar-refractivity contribution is 9.10. The summed E-state index contributed by atoms with van der Waals surface area (Å²) in [6.07, 6.45) is 0. The Hall–Kier alpha value is -1.47. The molecule has 0 aromatic heterocycles. The maximum absolute atomic E-state index is 13.8. The molecule has 0 spiro atoms. The summed E-state index contributed by atoms with van der Waals surface area (Å²) in [6, 6.07) is 14.6. The quantitative estimate of drug-likeness (QED) is 0.785. The maximum atomic E-state index is 13.8. The van der Waals surface area contributed by atoms with Crippen molar-refractivity contribution in [1.29, 1.82) is 0 Å². The van der Waals surface area contributed by atoms with E-state index in [2.05, 4.69) is 33.4 Å². The predicted octanol–water partition coefficient (Wildman–Crippen LogP) is 3.38. The Morgan fingerprint density at radius 3 is 2.64 bits per heavy atom. The van der Waals surface area contributed by atoms with Gasteiger partial charge in [0, 0.05) is 29.5 Å². The summed E-state index contributed by atoms with van der Waals surface area (Å²) in [7, 11) is 0. The highest BCUT2D eigenvalue weighted by Crippen LogP contribution is 2.26. The highest BCUT2D eigenvalue weighted by atomic mass is 79.9. The van der Waals surface area contributed by atoms with E-state index >= 15 is 0 Å². The zero-order valence-electron chi connectivity index (χ0n) is 13.5. The van der Waals surface area contributed by atoms with Crippen LogP contribution in [-0.2, 0) is 4.79 Å². The molecule has 1 heterocycles. The monoisotopic (exact) mass is 427 g/mol. The van der Waals surface area contributed by atoms with Crippen LogP contribution in [0.2, 0.25) is 0 Å². The number of nitrogens with one attached hydrogen (secondary N) is 1. The van der Waals surface area contributed by atoms with Crippen LogP contribution in [0.1, 0.15) is 11.5 Å². The Morgan fingerprint density at radius 1 is 1.24 bits per heavy atom. The summed E-state index contributed by atoms with van der Waals surface area (Å²) in [5.41, 5.74) is 7.61. The van der Waals surface area contributed by atoms with Gasteiger partial charge >= 0.3 is 0 Å². The van der Waals surface area contributed by atoms with Crippen molar-refractivity contribution in [1.82, 2.24) is 4.90 Å². The van der Waals surface area contributed by atoms with Gasteiger partial charge in [-0.1, -0.05) is 46.3 Å². The Morgan fingerprint density at radius 2 is 1.96 bits per heavy atom. The standard InChI is InChI=1S/C18H19BrFN3O.ClH/c19-13-6-7-17(15(20)8-13)22-18(24)11-23-9-14(16(21)10-23)12-4-2-1-3-5-12;/h1-8,14,16H,9-11,21H2,(H,22,24);1H/t14-,16+;/m0./s1. The molecule has 134 valence electrons. The predicted molar refractivity (Wildman–Crippen MR) is 104 cm³/mol. The van der Waals surface area contributed by atoms with E-state index < -0.39 is 5.82 Å². The molecular formula is C18H20BrClFN3O. The van der Waals surface area contributed by atoms with Gasteiger partial charge in [0.1, 0.15) is 5.82 Å². The highest BCUT2D eigenvalue weighted by Gasteiger charge is 2.32. The molecule has 2 aromatic carbocycles. The first-order chi connectivity index (χ1) is 11.5. The van der Waals surface area contributed by atoms with Crippen LogP contribution in [0.3, 0.4) is 0 Å². The third-order valence-electron chi connectivity index (χ3n) is 4.24. The average molecular weight is 429 g/mol. The van der Waals surface area contributed by atoms with E-state index in [9.17, 15) is 9.18 Å². The summed E-state index contributed by atoms with van der Waals surface area (Å²) in [5, 5.41) is 2.62. The van der Waals surface area contributed by atoms with Crippen molar-refractivity contribution in [3.63, 3.8) is 0 Å². The van der Waals surface area contributed by atoms with Crippen LogP contribution >= 0.6 is 28.3 Å². The molecule has 2 aromatic rings. The van der Waals surface area contributed by atoms with Gasteiger partial charge in [-0.05, 0) is 23.8 Å². The van der Waals surface area contributed by atoms with Crippen LogP contribution in [-0.4, -0.2) is 36.5 Å². The molecule has 3 rings (SSSR count). The molecule has 7 heteroatoms. The minimum Gasteiger partial charge on any atom is -0.326 e. The van der Waals surface area contributed by atoms with Gasteiger partial charge in [0.15, 0.2) is 0 Å². The molecule has 0 saturated carbocycles. The van der Waals surface area contributed by atoms with Crippen molar-refractivity contribution in [2.24, 2.45) is 5.73 Å². The summed E-state index contributed by atoms with van der Waals surface area (Å²) < 4.78 is 14.4. The lowest BCUT2D eigenvalue weighted by atomic mass is 9.95. The van der Waals surface area contributed by atoms with Crippen molar-refractivity contribution < 1.29 is 9.18 Å². The number of amides is 1. The van der Waals surface area contributed by atoms with Crippen molar-refractivity contribution in [3.05, 3.63) is 64.4 Å². The Balaban J connectivity index is 0.00000225. The van der Waals surface area contributed by atoms with Gasteiger partial charge in [-0.15, -0.1) is 12.4 Å². The summed E-state index contributed by atoms with van der Waals surface area (Å²) in [6.45, 7) is 1.57. The van der Waals surface area contributed by atoms with Crippen LogP contribution in [0.4, 0.5) is 10.1 Å². The van der Waals surface area contributed by atoms with Crippen molar-refractivity contribution >= 4 is 39.9 Å². The van der Waals surface area contributed by atoms with Crippen LogP contribution in [0.25, 0.3) is 0 Å². The number of carbonyl (C=O) groups excluding carboxylic acids is 1. The second kappa shape index (κ2) is 8.76. The molecule has 0 bridgehead atoms. The normalized spacial score (nSPS) is 20.1. The van der Waals surface area contributed by atoms with E-state index in [0.29, 0.717) is 11.0 Å². The summed E-state index contributed by atoms with van der Waals surface area (Å²) in [5.74, 6) is -0.487. The van der Waals surface area contributed by atoms with Crippen molar-refractivity contribution in [3.8, 4) is 0 Å². The zero-order chi connectivity index (χ0) is 17.1. The number of likely N-dealkylation sites (tertiary alicyclic amines) is 1. The van der Waals surface area contributed by atoms with Gasteiger partial charge in [0.2, 0.25) is 5.91 Å². The molecule has 25 heavy (non-hydrogen) atoms. The molecule has 1 saturated heterocycles. The number of anilines is 1. The molecule has 0 radical (unpaired) electrons. The van der Waals surface area contributed by atoms with E-state index in [-0.39, 0.29) is 42.5 Å². The van der Waals surface area contributed by atoms with Crippen molar-refractivity contribution in [2.45, 2.75) is 12.0 Å². The van der Waals surface area contributed by atoms with Gasteiger partial charge in [-0.2, -0.15) is 0 Å². The fraction of sp³-hybridized carbons (Fsp3) is 0.278. The number of rotatable bonds is 4. The van der Waals surface area contributed by atoms with E-state index in [1.807, 2.05) is 23.1 Å². The molecule has 3 N–H and O–H groups in total. The molecule has 0 unspecified atom stereocenters. The average Bonchev–Trinajstić information content (AvgIpc) is 2.91. The number of benzene rings is 2. The van der Waals surface area contributed by atoms with Crippen LogP contribution < -0.4 is 11.1 Å². The largest absolute Gasteiger partial charge is 0.326 e. The zero-order valence-corrected chi connectivity index (χ0v) is 15.9. The number of nitrogens with zero attached hydrogens (tertiary/aromatic N) is 1. The number of hydrogen-bond acceptors (Lipinski definition) is 3. The van der Waals surface area contributed by atoms with Crippen LogP contribution in [0, 0.1) is 5.82 Å². The minimum absolute atomic E-state index is 0. The molecule has 0 aliphatic carbocycles. The van der Waals surface area contributed by atoms with E-state index in [0.717, 1.165) is 6.54 Å². The van der Waals surface area contributed by atoms with Gasteiger partial charge in [0.25, 0.3) is 0 Å². The van der Waals surface area contributed by atoms with E-state index in [4.69, 9.17) is 5.73 Å². The van der Waals surface area contributed by atoms with Gasteiger partial charge in [-0.25, -0.2) is 4.39 Å². The Kier molecular flexibility index (Phi) is 6.95. The third kappa shape index (κ3) is 5.01. The minimum atomic E-state index is -0.460. The number of halogens is 3. The molecule has 4 nitrogen and oxygen atoms in total. The lowest BCUT2D eigenvalue weighted by Gasteiger charge is -2.16. The molecule has 2 atom stereocenters. The van der Waals surface area contributed by atoms with Gasteiger partial charge < -0.3 is 11.1 Å². The Labute approximate surface area is 161 Å². The van der Waals surface area contributed by atoms with Crippen LogP contribution in [0.5, 0.6) is 0 Å². The maximum Gasteiger partial charge on any atom is 0.238 e. The molecule has 1 aliphatic heterocycles. The summed E-state index contributed by atoms with van der Waals surface area (Å²) >= 11 is 3.19. The first-order valence-electron chi connectivity index (χ1n) is 7.80. The summed E-state index contributed by atoms with van der Waals surface area (Å²) in [4.78, 5) is 14.2. The smallest absolute Gasteiger partial charge is 0.238 e. The van der Waals surface area contributed by atoms with Crippen LogP contribution in [0.15, 0.2) is 53.0 Å². The molecule has 1 aliphatic rings. The Bertz CT molecular complexity index is 732. The molecule has 1 fully saturated rings. The number of carbonyl (C=O) groups is 1. The topological polar surface area (TPSA) is 58.4 Å². The molecular weight excluding hydrogens is 409 g/mol. The fourth-order valence-electron chi connectivity index (χ4n) is 3.08. The first-order valence-corrected chi connectivity index (χ1v) is 8.60. The number of hydrogen-bond donors (Lipinski definition) is 2. The van der Waals surface area contributed by atoms with E-state index in [1.165, 1.54) is 11.6 Å². The number of nitrogens with two attached hydrogens (primary N) is 1. The second-order valence-electron chi connectivity index (χ2n) is 6.05. The molecule has 1 amide bonds.